The van der Waals surface area contributed by atoms with E-state index in [1.54, 1.807) is 19.4 Å². The minimum Gasteiger partial charge on any atom is -0.481 e. The van der Waals surface area contributed by atoms with Crippen molar-refractivity contribution in [2.75, 3.05) is 19.1 Å². The standard InChI is InChI=1S/C13H21N3O/c1-10-6-4-5-7-11(10)16(2)13-14-9-8-12(15-13)17-3/h8-11H,4-7H2,1-3H3. The van der Waals surface area contributed by atoms with Gasteiger partial charge in [0.05, 0.1) is 7.11 Å². The highest BCUT2D eigenvalue weighted by Crippen LogP contribution is 2.29. The van der Waals surface area contributed by atoms with Crippen molar-refractivity contribution in [1.82, 2.24) is 9.97 Å². The van der Waals surface area contributed by atoms with Gasteiger partial charge in [0, 0.05) is 25.4 Å². The second-order valence-corrected chi connectivity index (χ2v) is 4.84. The molecule has 4 nitrogen and oxygen atoms in total. The van der Waals surface area contributed by atoms with E-state index in [0.29, 0.717) is 17.8 Å². The molecular formula is C13H21N3O. The van der Waals surface area contributed by atoms with Gasteiger partial charge in [-0.25, -0.2) is 4.98 Å². The second kappa shape index (κ2) is 5.34. The second-order valence-electron chi connectivity index (χ2n) is 4.84. The van der Waals surface area contributed by atoms with Crippen LogP contribution < -0.4 is 9.64 Å². The van der Waals surface area contributed by atoms with E-state index in [2.05, 4.69) is 28.8 Å². The molecule has 0 radical (unpaired) electrons. The van der Waals surface area contributed by atoms with Crippen molar-refractivity contribution in [3.8, 4) is 5.88 Å². The molecule has 2 atom stereocenters. The lowest BCUT2D eigenvalue weighted by molar-refractivity contribution is 0.318. The van der Waals surface area contributed by atoms with Gasteiger partial charge in [-0.05, 0) is 18.8 Å². The number of anilines is 1. The number of aromatic nitrogens is 2. The van der Waals surface area contributed by atoms with E-state index < -0.39 is 0 Å². The predicted octanol–water partition coefficient (Wildman–Crippen LogP) is 2.50. The maximum atomic E-state index is 5.14. The summed E-state index contributed by atoms with van der Waals surface area (Å²) in [5.41, 5.74) is 0. The molecule has 0 saturated heterocycles. The fourth-order valence-electron chi connectivity index (χ4n) is 2.64. The first kappa shape index (κ1) is 12.1. The van der Waals surface area contributed by atoms with E-state index in [4.69, 9.17) is 4.74 Å². The van der Waals surface area contributed by atoms with Crippen molar-refractivity contribution in [3.05, 3.63) is 12.3 Å². The van der Waals surface area contributed by atoms with E-state index in [1.807, 2.05) is 0 Å². The summed E-state index contributed by atoms with van der Waals surface area (Å²) in [4.78, 5) is 10.9. The Balaban J connectivity index is 2.14. The molecule has 17 heavy (non-hydrogen) atoms. The zero-order valence-electron chi connectivity index (χ0n) is 10.9. The minimum atomic E-state index is 0.552. The summed E-state index contributed by atoms with van der Waals surface area (Å²) >= 11 is 0. The Morgan fingerprint density at radius 2 is 2.12 bits per heavy atom. The third-order valence-corrected chi connectivity index (χ3v) is 3.71. The van der Waals surface area contributed by atoms with Gasteiger partial charge in [0.25, 0.3) is 0 Å². The van der Waals surface area contributed by atoms with Crippen LogP contribution in [0.5, 0.6) is 5.88 Å². The molecule has 0 aliphatic heterocycles. The van der Waals surface area contributed by atoms with Crippen LogP contribution in [0, 0.1) is 5.92 Å². The Bertz CT molecular complexity index is 369. The highest BCUT2D eigenvalue weighted by molar-refractivity contribution is 5.32. The number of ether oxygens (including phenoxy) is 1. The molecular weight excluding hydrogens is 214 g/mol. The fourth-order valence-corrected chi connectivity index (χ4v) is 2.64. The number of hydrogen-bond acceptors (Lipinski definition) is 4. The van der Waals surface area contributed by atoms with Crippen molar-refractivity contribution >= 4 is 5.95 Å². The van der Waals surface area contributed by atoms with Gasteiger partial charge in [-0.2, -0.15) is 4.98 Å². The molecule has 94 valence electrons. The topological polar surface area (TPSA) is 38.2 Å². The molecule has 0 N–H and O–H groups in total. The third-order valence-electron chi connectivity index (χ3n) is 3.71. The summed E-state index contributed by atoms with van der Waals surface area (Å²) in [7, 11) is 3.72. The van der Waals surface area contributed by atoms with Crippen LogP contribution in [-0.4, -0.2) is 30.2 Å². The Hall–Kier alpha value is -1.32. The van der Waals surface area contributed by atoms with E-state index in [9.17, 15) is 0 Å². The zero-order valence-corrected chi connectivity index (χ0v) is 10.9. The largest absolute Gasteiger partial charge is 0.481 e. The van der Waals surface area contributed by atoms with Crippen LogP contribution in [0.4, 0.5) is 5.95 Å². The van der Waals surface area contributed by atoms with Crippen LogP contribution in [0.1, 0.15) is 32.6 Å². The number of rotatable bonds is 3. The van der Waals surface area contributed by atoms with Crippen molar-refractivity contribution < 1.29 is 4.74 Å². The first-order valence-electron chi connectivity index (χ1n) is 6.32. The maximum absolute atomic E-state index is 5.14. The summed E-state index contributed by atoms with van der Waals surface area (Å²) in [6, 6.07) is 2.33. The van der Waals surface area contributed by atoms with Crippen molar-refractivity contribution in [2.45, 2.75) is 38.6 Å². The lowest BCUT2D eigenvalue weighted by Crippen LogP contribution is -2.39. The summed E-state index contributed by atoms with van der Waals surface area (Å²) in [5, 5.41) is 0. The van der Waals surface area contributed by atoms with Gasteiger partial charge in [0.2, 0.25) is 11.8 Å². The summed E-state index contributed by atoms with van der Waals surface area (Å²) in [5.74, 6) is 2.11. The van der Waals surface area contributed by atoms with Gasteiger partial charge in [-0.15, -0.1) is 0 Å². The van der Waals surface area contributed by atoms with Gasteiger partial charge >= 0.3 is 0 Å². The van der Waals surface area contributed by atoms with E-state index in [1.165, 1.54) is 25.7 Å². The molecule has 2 unspecified atom stereocenters. The fraction of sp³-hybridized carbons (Fsp3) is 0.692. The Morgan fingerprint density at radius 1 is 1.35 bits per heavy atom. The highest BCUT2D eigenvalue weighted by atomic mass is 16.5. The molecule has 0 bridgehead atoms. The lowest BCUT2D eigenvalue weighted by atomic mass is 9.85. The number of nitrogens with zero attached hydrogens (tertiary/aromatic N) is 3. The minimum absolute atomic E-state index is 0.552. The molecule has 1 heterocycles. The van der Waals surface area contributed by atoms with Crippen molar-refractivity contribution in [1.29, 1.82) is 0 Å². The van der Waals surface area contributed by atoms with E-state index >= 15 is 0 Å². The summed E-state index contributed by atoms with van der Waals surface area (Å²) < 4.78 is 5.14. The molecule has 1 saturated carbocycles. The molecule has 0 spiro atoms. The summed E-state index contributed by atoms with van der Waals surface area (Å²) in [6.45, 7) is 2.32. The Kier molecular flexibility index (Phi) is 3.82. The quantitative estimate of drug-likeness (QED) is 0.807. The van der Waals surface area contributed by atoms with Crippen molar-refractivity contribution in [3.63, 3.8) is 0 Å². The van der Waals surface area contributed by atoms with Crippen LogP contribution in [0.15, 0.2) is 12.3 Å². The van der Waals surface area contributed by atoms with Crippen LogP contribution >= 0.6 is 0 Å². The SMILES string of the molecule is COc1ccnc(N(C)C2CCCCC2C)n1. The summed E-state index contributed by atoms with van der Waals surface area (Å²) in [6.07, 6.45) is 6.95. The molecule has 4 heteroatoms. The average Bonchev–Trinajstić information content (AvgIpc) is 2.38. The molecule has 1 aliphatic rings. The van der Waals surface area contributed by atoms with Gasteiger partial charge in [-0.3, -0.25) is 0 Å². The molecule has 2 rings (SSSR count). The molecule has 0 aromatic carbocycles. The average molecular weight is 235 g/mol. The first-order valence-corrected chi connectivity index (χ1v) is 6.32. The number of hydrogen-bond donors (Lipinski definition) is 0. The van der Waals surface area contributed by atoms with Crippen molar-refractivity contribution in [2.24, 2.45) is 5.92 Å². The molecule has 1 aliphatic carbocycles. The Labute approximate surface area is 103 Å². The molecule has 1 aromatic heterocycles. The van der Waals surface area contributed by atoms with E-state index in [0.717, 1.165) is 5.95 Å². The predicted molar refractivity (Wildman–Crippen MR) is 68.4 cm³/mol. The highest BCUT2D eigenvalue weighted by Gasteiger charge is 2.26. The third kappa shape index (κ3) is 2.68. The van der Waals surface area contributed by atoms with Crippen LogP contribution in [0.3, 0.4) is 0 Å². The Morgan fingerprint density at radius 3 is 2.82 bits per heavy atom. The number of methoxy groups -OCH3 is 1. The van der Waals surface area contributed by atoms with Gasteiger partial charge in [0.15, 0.2) is 0 Å². The molecule has 1 fully saturated rings. The monoisotopic (exact) mass is 235 g/mol. The van der Waals surface area contributed by atoms with Crippen LogP contribution in [-0.2, 0) is 0 Å². The van der Waals surface area contributed by atoms with Crippen LogP contribution in [0.25, 0.3) is 0 Å². The van der Waals surface area contributed by atoms with Gasteiger partial charge in [0.1, 0.15) is 0 Å². The molecule has 0 amide bonds. The smallest absolute Gasteiger partial charge is 0.228 e. The maximum Gasteiger partial charge on any atom is 0.228 e. The lowest BCUT2D eigenvalue weighted by Gasteiger charge is -2.36. The van der Waals surface area contributed by atoms with Gasteiger partial charge in [-0.1, -0.05) is 19.8 Å². The zero-order chi connectivity index (χ0) is 12.3. The van der Waals surface area contributed by atoms with Gasteiger partial charge < -0.3 is 9.64 Å². The van der Waals surface area contributed by atoms with E-state index in [-0.39, 0.29) is 0 Å². The first-order chi connectivity index (χ1) is 8.22. The van der Waals surface area contributed by atoms with Crippen LogP contribution in [0.2, 0.25) is 0 Å². The molecule has 1 aromatic rings. The normalized spacial score (nSPS) is 24.4.